The lowest BCUT2D eigenvalue weighted by Gasteiger charge is -2.20. The summed E-state index contributed by atoms with van der Waals surface area (Å²) >= 11 is 2.12. The summed E-state index contributed by atoms with van der Waals surface area (Å²) in [5, 5.41) is 51.9. The fraction of sp³-hybridized carbons (Fsp3) is 0.333. The van der Waals surface area contributed by atoms with E-state index in [0.717, 1.165) is 9.13 Å². The van der Waals surface area contributed by atoms with Crippen LogP contribution in [0.2, 0.25) is 0 Å². The molecule has 0 unspecified atom stereocenters. The molecular formula is C39H45IN6O13. The molecule has 3 rings (SSSR count). The number of amides is 6. The first-order valence-electron chi connectivity index (χ1n) is 18.2. The monoisotopic (exact) mass is 930 g/mol. The summed E-state index contributed by atoms with van der Waals surface area (Å²) in [6.45, 7) is -0.368. The third-order valence-corrected chi connectivity index (χ3v) is 9.16. The van der Waals surface area contributed by atoms with E-state index in [1.54, 1.807) is 66.7 Å². The lowest BCUT2D eigenvalue weighted by atomic mass is 10.0. The number of anilines is 1. The zero-order chi connectivity index (χ0) is 43.3. The van der Waals surface area contributed by atoms with E-state index in [1.165, 1.54) is 12.1 Å². The van der Waals surface area contributed by atoms with Gasteiger partial charge in [-0.25, -0.2) is 24.0 Å². The largest absolute Gasteiger partial charge is 0.484 e. The van der Waals surface area contributed by atoms with Gasteiger partial charge >= 0.3 is 35.9 Å². The highest BCUT2D eigenvalue weighted by atomic mass is 125. The van der Waals surface area contributed by atoms with Crippen LogP contribution in [0.25, 0.3) is 0 Å². The smallest absolute Gasteiger partial charge is 0.326 e. The van der Waals surface area contributed by atoms with Gasteiger partial charge in [0.2, 0.25) is 5.91 Å². The molecule has 3 aromatic carbocycles. The number of carboxylic acids is 4. The molecule has 0 heterocycles. The first-order chi connectivity index (χ1) is 28.1. The summed E-state index contributed by atoms with van der Waals surface area (Å²) in [5.41, 5.74) is 1.83. The average Bonchev–Trinajstić information content (AvgIpc) is 3.19. The van der Waals surface area contributed by atoms with Crippen LogP contribution in [0.1, 0.15) is 43.2 Å². The number of carbonyl (C=O) groups is 8. The molecule has 0 aliphatic carbocycles. The quantitative estimate of drug-likeness (QED) is 0.0457. The van der Waals surface area contributed by atoms with Crippen LogP contribution >= 0.6 is 22.6 Å². The number of hydrogen-bond acceptors (Lipinski definition) is 9. The maximum absolute atomic E-state index is 13.2. The van der Waals surface area contributed by atoms with E-state index >= 15 is 0 Å². The topological polar surface area (TPSA) is 299 Å². The van der Waals surface area contributed by atoms with Crippen molar-refractivity contribution in [3.63, 3.8) is 0 Å². The van der Waals surface area contributed by atoms with Gasteiger partial charge in [0.25, 0.3) is 5.91 Å². The first-order valence-corrected chi connectivity index (χ1v) is 19.3. The van der Waals surface area contributed by atoms with Crippen molar-refractivity contribution >= 4 is 76.0 Å². The molecular weight excluding hydrogens is 885 g/mol. The first kappa shape index (κ1) is 46.9. The van der Waals surface area contributed by atoms with Crippen molar-refractivity contribution in [3.8, 4) is 5.75 Å². The number of ether oxygens (including phenoxy) is 1. The molecule has 0 spiro atoms. The Morgan fingerprint density at radius 1 is 0.593 bits per heavy atom. The second kappa shape index (κ2) is 24.4. The molecule has 4 atom stereocenters. The van der Waals surface area contributed by atoms with Crippen LogP contribution in [0.5, 0.6) is 5.75 Å². The SMILES string of the molecule is O=C(O)CC[C@H](NC(=O)N[C@@H](CCCCNC(=O)[C@H](Cc1ccccc1)NC(=O)COc1ccc(C[C@H](NC(=O)Nc2ccc([125I])cc2)C(=O)O)cc1)C(=O)O)C(=O)O. The molecule has 0 aliphatic heterocycles. The van der Waals surface area contributed by atoms with Crippen LogP contribution in [0.15, 0.2) is 78.9 Å². The Morgan fingerprint density at radius 2 is 1.15 bits per heavy atom. The third kappa shape index (κ3) is 18.1. The fourth-order valence-corrected chi connectivity index (χ4v) is 5.77. The van der Waals surface area contributed by atoms with E-state index in [2.05, 4.69) is 54.5 Å². The van der Waals surface area contributed by atoms with Gasteiger partial charge in [-0.15, -0.1) is 0 Å². The Balaban J connectivity index is 1.48. The molecule has 19 nitrogen and oxygen atoms in total. The minimum Gasteiger partial charge on any atom is -0.484 e. The van der Waals surface area contributed by atoms with E-state index < -0.39 is 91.4 Å². The highest BCUT2D eigenvalue weighted by molar-refractivity contribution is 14.1. The van der Waals surface area contributed by atoms with Crippen molar-refractivity contribution in [2.24, 2.45) is 0 Å². The fourth-order valence-electron chi connectivity index (χ4n) is 5.41. The predicted octanol–water partition coefficient (Wildman–Crippen LogP) is 2.57. The molecule has 20 heteroatoms. The van der Waals surface area contributed by atoms with Crippen LogP contribution < -0.4 is 36.6 Å². The molecule has 0 fully saturated rings. The van der Waals surface area contributed by atoms with E-state index in [1.807, 2.05) is 0 Å². The summed E-state index contributed by atoms with van der Waals surface area (Å²) in [6, 6.07) is 15.2. The van der Waals surface area contributed by atoms with Gasteiger partial charge in [0.15, 0.2) is 6.61 Å². The molecule has 0 aliphatic rings. The van der Waals surface area contributed by atoms with Gasteiger partial charge in [0.05, 0.1) is 0 Å². The summed E-state index contributed by atoms with van der Waals surface area (Å²) in [5.74, 6) is -6.20. The van der Waals surface area contributed by atoms with Crippen molar-refractivity contribution in [1.82, 2.24) is 26.6 Å². The zero-order valence-corrected chi connectivity index (χ0v) is 33.7. The summed E-state index contributed by atoms with van der Waals surface area (Å²) in [6.07, 6.45) is -0.398. The summed E-state index contributed by atoms with van der Waals surface area (Å²) in [7, 11) is 0. The average molecular weight is 931 g/mol. The highest BCUT2D eigenvalue weighted by Gasteiger charge is 2.26. The number of benzene rings is 3. The molecule has 0 saturated carbocycles. The minimum atomic E-state index is -1.54. The number of hydrogen-bond donors (Lipinski definition) is 10. The van der Waals surface area contributed by atoms with E-state index in [9.17, 15) is 53.7 Å². The van der Waals surface area contributed by atoms with Gasteiger partial charge in [0, 0.05) is 35.1 Å². The highest BCUT2D eigenvalue weighted by Crippen LogP contribution is 2.15. The Hall–Kier alpha value is -6.45. The van der Waals surface area contributed by atoms with Gasteiger partial charge in [-0.05, 0) is 95.8 Å². The Morgan fingerprint density at radius 3 is 1.75 bits per heavy atom. The number of rotatable bonds is 24. The molecule has 0 aromatic heterocycles. The van der Waals surface area contributed by atoms with Gasteiger partial charge in [-0.2, -0.15) is 0 Å². The Bertz CT molecular complexity index is 1920. The third-order valence-electron chi connectivity index (χ3n) is 8.45. The van der Waals surface area contributed by atoms with Crippen LogP contribution in [-0.2, 0) is 41.6 Å². The second-order valence-electron chi connectivity index (χ2n) is 13.1. The molecule has 316 valence electrons. The maximum atomic E-state index is 13.2. The number of nitrogens with one attached hydrogen (secondary N) is 6. The molecule has 0 bridgehead atoms. The number of carboxylic acid groups (broad SMARTS) is 4. The maximum Gasteiger partial charge on any atom is 0.326 e. The number of halogens is 1. The van der Waals surface area contributed by atoms with E-state index in [4.69, 9.17) is 9.84 Å². The van der Waals surface area contributed by atoms with Crippen LogP contribution in [0.3, 0.4) is 0 Å². The molecule has 0 saturated heterocycles. The van der Waals surface area contributed by atoms with Crippen molar-refractivity contribution in [3.05, 3.63) is 93.6 Å². The van der Waals surface area contributed by atoms with Crippen LogP contribution in [-0.4, -0.2) is 105 Å². The van der Waals surface area contributed by atoms with Crippen molar-refractivity contribution in [2.75, 3.05) is 18.5 Å². The van der Waals surface area contributed by atoms with Crippen molar-refractivity contribution in [1.29, 1.82) is 0 Å². The van der Waals surface area contributed by atoms with E-state index in [0.29, 0.717) is 11.3 Å². The van der Waals surface area contributed by atoms with Gasteiger partial charge in [-0.1, -0.05) is 42.5 Å². The van der Waals surface area contributed by atoms with Gasteiger partial charge in [-0.3, -0.25) is 14.4 Å². The number of unbranched alkanes of at least 4 members (excludes halogenated alkanes) is 1. The molecule has 10 N–H and O–H groups in total. The zero-order valence-electron chi connectivity index (χ0n) is 31.5. The van der Waals surface area contributed by atoms with Crippen molar-refractivity contribution < 1.29 is 63.5 Å². The number of urea groups is 2. The lowest BCUT2D eigenvalue weighted by molar-refractivity contribution is -0.141. The number of carbonyl (C=O) groups excluding carboxylic acids is 4. The molecule has 3 aromatic rings. The predicted molar refractivity (Wildman–Crippen MR) is 219 cm³/mol. The minimum absolute atomic E-state index is 0.0345. The number of aliphatic carboxylic acids is 4. The summed E-state index contributed by atoms with van der Waals surface area (Å²) < 4.78 is 6.57. The van der Waals surface area contributed by atoms with Crippen LogP contribution in [0.4, 0.5) is 15.3 Å². The van der Waals surface area contributed by atoms with E-state index in [-0.39, 0.29) is 44.4 Å². The molecule has 6 amide bonds. The van der Waals surface area contributed by atoms with Gasteiger partial charge < -0.3 is 57.1 Å². The second-order valence-corrected chi connectivity index (χ2v) is 14.3. The lowest BCUT2D eigenvalue weighted by Crippen LogP contribution is -2.51. The van der Waals surface area contributed by atoms with Crippen molar-refractivity contribution in [2.45, 2.75) is 69.1 Å². The van der Waals surface area contributed by atoms with Gasteiger partial charge in [0.1, 0.15) is 29.9 Å². The molecule has 59 heavy (non-hydrogen) atoms. The summed E-state index contributed by atoms with van der Waals surface area (Å²) in [4.78, 5) is 96.5. The molecule has 0 radical (unpaired) electrons. The normalized spacial score (nSPS) is 12.6. The standard InChI is InChI=1S/C39H45IN6O13/c40-25-11-13-26(14-12-25)42-38(57)46-31(37(55)56)21-24-9-15-27(16-10-24)59-22-32(47)43-30(20-23-6-2-1-3-7-23)34(50)41-19-5-4-8-28(35(51)52)44-39(58)45-29(36(53)54)17-18-33(48)49/h1-3,6-7,9-16,28-31H,4-5,8,17-22H2,(H,41,50)(H,43,47)(H,48,49)(H,51,52)(H,53,54)(H,55,56)(H2,42,46,57)(H2,44,45,58)/t28-,29-,30-,31-/m0/s1/i40-2. The Kier molecular flexibility index (Phi) is 19.4. The Labute approximate surface area is 351 Å². The van der Waals surface area contributed by atoms with Crippen LogP contribution in [0, 0.1) is 3.57 Å².